The molecule has 2 aliphatic heterocycles. The first-order valence-electron chi connectivity index (χ1n) is 7.20. The molecular formula is C18H14O5. The number of ketones is 1. The van der Waals surface area contributed by atoms with Crippen molar-refractivity contribution >= 4 is 11.9 Å². The van der Waals surface area contributed by atoms with E-state index >= 15 is 0 Å². The Hall–Kier alpha value is -2.95. The van der Waals surface area contributed by atoms with Gasteiger partial charge in [0.1, 0.15) is 18.1 Å². The van der Waals surface area contributed by atoms with Gasteiger partial charge in [0.15, 0.2) is 17.3 Å². The third kappa shape index (κ3) is 2.40. The number of hydrogen-bond acceptors (Lipinski definition) is 5. The van der Waals surface area contributed by atoms with Crippen LogP contribution in [-0.2, 0) is 0 Å². The van der Waals surface area contributed by atoms with Crippen LogP contribution in [0.5, 0.6) is 23.0 Å². The summed E-state index contributed by atoms with van der Waals surface area (Å²) in [7, 11) is 1.57. The summed E-state index contributed by atoms with van der Waals surface area (Å²) in [5.74, 6) is 2.56. The Morgan fingerprint density at radius 1 is 1.00 bits per heavy atom. The van der Waals surface area contributed by atoms with Crippen molar-refractivity contribution in [3.8, 4) is 23.0 Å². The van der Waals surface area contributed by atoms with E-state index in [1.165, 1.54) is 0 Å². The highest BCUT2D eigenvalue weighted by Crippen LogP contribution is 2.34. The predicted octanol–water partition coefficient (Wildman–Crippen LogP) is 3.08. The quantitative estimate of drug-likeness (QED) is 0.798. The average molecular weight is 310 g/mol. The first-order valence-corrected chi connectivity index (χ1v) is 7.20. The van der Waals surface area contributed by atoms with Crippen LogP contribution < -0.4 is 18.9 Å². The number of methoxy groups -OCH3 is 1. The predicted molar refractivity (Wildman–Crippen MR) is 83.4 cm³/mol. The zero-order valence-electron chi connectivity index (χ0n) is 12.5. The second-order valence-electron chi connectivity index (χ2n) is 5.26. The summed E-state index contributed by atoms with van der Waals surface area (Å²) in [4.78, 5) is 12.7. The van der Waals surface area contributed by atoms with Crippen LogP contribution in [0.2, 0.25) is 0 Å². The zero-order valence-corrected chi connectivity index (χ0v) is 12.5. The smallest absolute Gasteiger partial charge is 0.231 e. The Morgan fingerprint density at radius 3 is 2.70 bits per heavy atom. The molecule has 0 aromatic heterocycles. The van der Waals surface area contributed by atoms with Gasteiger partial charge in [-0.25, -0.2) is 0 Å². The summed E-state index contributed by atoms with van der Waals surface area (Å²) in [6, 6.07) is 10.8. The maximum atomic E-state index is 12.7. The van der Waals surface area contributed by atoms with Crippen molar-refractivity contribution in [2.24, 2.45) is 0 Å². The molecule has 116 valence electrons. The summed E-state index contributed by atoms with van der Waals surface area (Å²) in [5, 5.41) is 0. The maximum absolute atomic E-state index is 12.7. The summed E-state index contributed by atoms with van der Waals surface area (Å²) in [6.45, 7) is 0.469. The number of rotatable bonds is 2. The van der Waals surface area contributed by atoms with Crippen molar-refractivity contribution in [3.05, 3.63) is 53.1 Å². The minimum atomic E-state index is -0.0529. The van der Waals surface area contributed by atoms with E-state index in [-0.39, 0.29) is 19.2 Å². The van der Waals surface area contributed by atoms with Gasteiger partial charge in [0.25, 0.3) is 0 Å². The van der Waals surface area contributed by atoms with Crippen LogP contribution in [-0.4, -0.2) is 26.3 Å². The van der Waals surface area contributed by atoms with Crippen LogP contribution >= 0.6 is 0 Å². The van der Waals surface area contributed by atoms with Gasteiger partial charge in [-0.3, -0.25) is 4.79 Å². The zero-order chi connectivity index (χ0) is 15.8. The number of carbonyl (C=O) groups excluding carboxylic acids is 1. The molecule has 0 unspecified atom stereocenters. The molecule has 2 aromatic carbocycles. The van der Waals surface area contributed by atoms with Crippen molar-refractivity contribution in [1.29, 1.82) is 0 Å². The van der Waals surface area contributed by atoms with Gasteiger partial charge in [-0.2, -0.15) is 0 Å². The van der Waals surface area contributed by atoms with Gasteiger partial charge in [-0.15, -0.1) is 0 Å². The molecule has 0 spiro atoms. The van der Waals surface area contributed by atoms with Gasteiger partial charge in [-0.05, 0) is 42.0 Å². The highest BCUT2D eigenvalue weighted by Gasteiger charge is 2.24. The summed E-state index contributed by atoms with van der Waals surface area (Å²) >= 11 is 0. The Labute approximate surface area is 133 Å². The van der Waals surface area contributed by atoms with Crippen molar-refractivity contribution in [3.63, 3.8) is 0 Å². The molecule has 2 heterocycles. The Kier molecular flexibility index (Phi) is 3.19. The van der Waals surface area contributed by atoms with Gasteiger partial charge in [0.2, 0.25) is 6.79 Å². The van der Waals surface area contributed by atoms with Gasteiger partial charge in [0.05, 0.1) is 12.7 Å². The monoisotopic (exact) mass is 310 g/mol. The number of carbonyl (C=O) groups is 1. The number of Topliss-reactive ketones (excluding diaryl/α,β-unsaturated/α-hetero) is 1. The molecule has 0 saturated heterocycles. The average Bonchev–Trinajstić information content (AvgIpc) is 3.05. The lowest BCUT2D eigenvalue weighted by atomic mass is 9.98. The summed E-state index contributed by atoms with van der Waals surface area (Å²) < 4.78 is 21.5. The van der Waals surface area contributed by atoms with Crippen molar-refractivity contribution < 1.29 is 23.7 Å². The van der Waals surface area contributed by atoms with E-state index < -0.39 is 0 Å². The molecule has 0 bridgehead atoms. The third-order valence-electron chi connectivity index (χ3n) is 3.84. The van der Waals surface area contributed by atoms with Crippen LogP contribution in [0.25, 0.3) is 6.08 Å². The molecule has 0 fully saturated rings. The van der Waals surface area contributed by atoms with Crippen LogP contribution in [0.15, 0.2) is 42.0 Å². The summed E-state index contributed by atoms with van der Waals surface area (Å²) in [6.07, 6.45) is 1.81. The fraction of sp³-hybridized carbons (Fsp3) is 0.167. The lowest BCUT2D eigenvalue weighted by Crippen LogP contribution is -2.19. The number of benzene rings is 2. The minimum absolute atomic E-state index is 0.0529. The Balaban J connectivity index is 1.68. The minimum Gasteiger partial charge on any atom is -0.497 e. The van der Waals surface area contributed by atoms with E-state index in [1.807, 2.05) is 24.3 Å². The molecule has 4 rings (SSSR count). The Morgan fingerprint density at radius 2 is 1.83 bits per heavy atom. The third-order valence-corrected chi connectivity index (χ3v) is 3.84. The molecule has 0 saturated carbocycles. The van der Waals surface area contributed by atoms with E-state index in [4.69, 9.17) is 18.9 Å². The molecule has 0 N–H and O–H groups in total. The number of fused-ring (bicyclic) bond motifs is 2. The van der Waals surface area contributed by atoms with Gasteiger partial charge in [0, 0.05) is 5.57 Å². The molecule has 5 heteroatoms. The molecule has 5 nitrogen and oxygen atoms in total. The lowest BCUT2D eigenvalue weighted by Gasteiger charge is -2.19. The highest BCUT2D eigenvalue weighted by atomic mass is 16.7. The van der Waals surface area contributed by atoms with Crippen molar-refractivity contribution in [1.82, 2.24) is 0 Å². The van der Waals surface area contributed by atoms with Gasteiger partial charge in [-0.1, -0.05) is 6.07 Å². The molecule has 0 amide bonds. The lowest BCUT2D eigenvalue weighted by molar-refractivity contribution is 0.100. The SMILES string of the molecule is COc1ccc2c(c1)C(=O)/C(=C/c1ccc3c(c1)OCO3)CO2. The second kappa shape index (κ2) is 5.35. The van der Waals surface area contributed by atoms with E-state index in [0.29, 0.717) is 34.1 Å². The second-order valence-corrected chi connectivity index (χ2v) is 5.26. The highest BCUT2D eigenvalue weighted by molar-refractivity contribution is 6.14. The van der Waals surface area contributed by atoms with E-state index in [1.54, 1.807) is 25.3 Å². The molecule has 23 heavy (non-hydrogen) atoms. The summed E-state index contributed by atoms with van der Waals surface area (Å²) in [5.41, 5.74) is 1.97. The van der Waals surface area contributed by atoms with Crippen LogP contribution in [0, 0.1) is 0 Å². The molecule has 0 radical (unpaired) electrons. The number of hydrogen-bond donors (Lipinski definition) is 0. The topological polar surface area (TPSA) is 54.0 Å². The van der Waals surface area contributed by atoms with Crippen LogP contribution in [0.1, 0.15) is 15.9 Å². The molecule has 0 aliphatic carbocycles. The Bertz CT molecular complexity index is 822. The van der Waals surface area contributed by atoms with Gasteiger partial charge < -0.3 is 18.9 Å². The largest absolute Gasteiger partial charge is 0.497 e. The molecule has 2 aliphatic rings. The first-order chi connectivity index (χ1) is 11.2. The van der Waals surface area contributed by atoms with E-state index in [2.05, 4.69) is 0 Å². The van der Waals surface area contributed by atoms with Crippen LogP contribution in [0.4, 0.5) is 0 Å². The molecule has 2 aromatic rings. The fourth-order valence-electron chi connectivity index (χ4n) is 2.64. The van der Waals surface area contributed by atoms with Crippen molar-refractivity contribution in [2.75, 3.05) is 20.5 Å². The maximum Gasteiger partial charge on any atom is 0.231 e. The fourth-order valence-corrected chi connectivity index (χ4v) is 2.64. The number of ether oxygens (including phenoxy) is 4. The van der Waals surface area contributed by atoms with E-state index in [9.17, 15) is 4.79 Å². The first kappa shape index (κ1) is 13.7. The standard InChI is InChI=1S/C18H14O5/c1-20-13-3-5-15-14(8-13)18(19)12(9-21-15)6-11-2-4-16-17(7-11)23-10-22-16/h2-8H,9-10H2,1H3/b12-6+. The van der Waals surface area contributed by atoms with Gasteiger partial charge >= 0.3 is 0 Å². The van der Waals surface area contributed by atoms with E-state index in [0.717, 1.165) is 5.56 Å². The normalized spacial score (nSPS) is 16.9. The van der Waals surface area contributed by atoms with Crippen molar-refractivity contribution in [2.45, 2.75) is 0 Å². The molecule has 0 atom stereocenters. The molecular weight excluding hydrogens is 296 g/mol. The van der Waals surface area contributed by atoms with Crippen LogP contribution in [0.3, 0.4) is 0 Å².